The molecule has 1 fully saturated rings. The van der Waals surface area contributed by atoms with Gasteiger partial charge >= 0.3 is 5.97 Å². The number of terminal acetylenes is 1. The van der Waals surface area contributed by atoms with Crippen LogP contribution in [-0.2, 0) is 9.59 Å². The second-order valence-corrected chi connectivity index (χ2v) is 5.19. The predicted octanol–water partition coefficient (Wildman–Crippen LogP) is 2.33. The number of hydrogen-bond acceptors (Lipinski definition) is 2. The molecule has 4 heteroatoms. The lowest BCUT2D eigenvalue weighted by Gasteiger charge is -2.28. The summed E-state index contributed by atoms with van der Waals surface area (Å²) in [6, 6.07) is -0.722. The third-order valence-electron chi connectivity index (χ3n) is 3.68. The predicted molar refractivity (Wildman–Crippen MR) is 73.4 cm³/mol. The fraction of sp³-hybridized carbons (Fsp3) is 0.733. The average molecular weight is 265 g/mol. The van der Waals surface area contributed by atoms with E-state index in [9.17, 15) is 14.7 Å². The van der Waals surface area contributed by atoms with Crippen molar-refractivity contribution in [3.05, 3.63) is 0 Å². The van der Waals surface area contributed by atoms with Crippen LogP contribution in [0.4, 0.5) is 0 Å². The van der Waals surface area contributed by atoms with Crippen LogP contribution in [0.25, 0.3) is 0 Å². The molecule has 0 bridgehead atoms. The highest BCUT2D eigenvalue weighted by Gasteiger charge is 2.30. The second-order valence-electron chi connectivity index (χ2n) is 5.19. The molecule has 1 aliphatic rings. The monoisotopic (exact) mass is 265 g/mol. The summed E-state index contributed by atoms with van der Waals surface area (Å²) < 4.78 is 0. The molecule has 0 aromatic rings. The number of hydrogen-bond donors (Lipinski definition) is 2. The topological polar surface area (TPSA) is 66.4 Å². The Labute approximate surface area is 115 Å². The average Bonchev–Trinajstić information content (AvgIpc) is 2.41. The highest BCUT2D eigenvalue weighted by molar-refractivity contribution is 5.83. The molecule has 2 N–H and O–H groups in total. The van der Waals surface area contributed by atoms with Gasteiger partial charge in [0.15, 0.2) is 0 Å². The zero-order valence-corrected chi connectivity index (χ0v) is 11.4. The summed E-state index contributed by atoms with van der Waals surface area (Å²) in [6.45, 7) is 0. The zero-order chi connectivity index (χ0) is 14.1. The van der Waals surface area contributed by atoms with Gasteiger partial charge in [0.1, 0.15) is 6.04 Å². The number of carboxylic acid groups (broad SMARTS) is 1. The van der Waals surface area contributed by atoms with Crippen molar-refractivity contribution >= 4 is 11.9 Å². The third-order valence-corrected chi connectivity index (χ3v) is 3.68. The molecule has 0 saturated heterocycles. The first-order valence-electron chi connectivity index (χ1n) is 7.10. The molecule has 1 amide bonds. The lowest BCUT2D eigenvalue weighted by atomic mass is 9.84. The molecule has 0 aromatic carbocycles. The zero-order valence-electron chi connectivity index (χ0n) is 11.4. The fourth-order valence-electron chi connectivity index (χ4n) is 2.61. The van der Waals surface area contributed by atoms with E-state index >= 15 is 0 Å². The molecule has 1 saturated carbocycles. The van der Waals surface area contributed by atoms with Gasteiger partial charge in [-0.05, 0) is 31.6 Å². The quantitative estimate of drug-likeness (QED) is 0.548. The first-order valence-corrected chi connectivity index (χ1v) is 7.10. The van der Waals surface area contributed by atoms with Gasteiger partial charge in [0.25, 0.3) is 0 Å². The Balaban J connectivity index is 2.38. The minimum absolute atomic E-state index is 0.0842. The van der Waals surface area contributed by atoms with Crippen molar-refractivity contribution < 1.29 is 14.7 Å². The van der Waals surface area contributed by atoms with Gasteiger partial charge < -0.3 is 10.4 Å². The van der Waals surface area contributed by atoms with Crippen molar-refractivity contribution in [1.82, 2.24) is 5.32 Å². The van der Waals surface area contributed by atoms with E-state index < -0.39 is 12.0 Å². The van der Waals surface area contributed by atoms with Crippen LogP contribution in [0.1, 0.15) is 57.8 Å². The summed E-state index contributed by atoms with van der Waals surface area (Å²) in [5, 5.41) is 11.9. The molecule has 19 heavy (non-hydrogen) atoms. The van der Waals surface area contributed by atoms with Gasteiger partial charge in [0.05, 0.1) is 0 Å². The van der Waals surface area contributed by atoms with Crippen LogP contribution in [0.2, 0.25) is 0 Å². The second kappa shape index (κ2) is 8.58. The summed E-state index contributed by atoms with van der Waals surface area (Å²) in [7, 11) is 0. The first-order chi connectivity index (χ1) is 9.15. The lowest BCUT2D eigenvalue weighted by Crippen LogP contribution is -2.46. The van der Waals surface area contributed by atoms with Gasteiger partial charge in [-0.15, -0.1) is 12.3 Å². The number of nitrogens with one attached hydrogen (secondary N) is 1. The lowest BCUT2D eigenvalue weighted by molar-refractivity contribution is -0.143. The van der Waals surface area contributed by atoms with Crippen molar-refractivity contribution in [1.29, 1.82) is 0 Å². The smallest absolute Gasteiger partial charge is 0.326 e. The largest absolute Gasteiger partial charge is 0.480 e. The van der Waals surface area contributed by atoms with E-state index in [1.165, 1.54) is 6.42 Å². The van der Waals surface area contributed by atoms with Gasteiger partial charge in [0, 0.05) is 12.8 Å². The van der Waals surface area contributed by atoms with Gasteiger partial charge in [0.2, 0.25) is 5.91 Å². The Kier molecular flexibility index (Phi) is 7.02. The van der Waals surface area contributed by atoms with Crippen LogP contribution in [0.3, 0.4) is 0 Å². The highest BCUT2D eigenvalue weighted by atomic mass is 16.4. The van der Waals surface area contributed by atoms with Crippen LogP contribution >= 0.6 is 0 Å². The van der Waals surface area contributed by atoms with E-state index in [1.807, 2.05) is 0 Å². The van der Waals surface area contributed by atoms with Crippen molar-refractivity contribution in [2.75, 3.05) is 0 Å². The molecular formula is C15H23NO3. The molecular weight excluding hydrogens is 242 g/mol. The Morgan fingerprint density at radius 3 is 2.53 bits per heavy atom. The maximum atomic E-state index is 11.7. The molecule has 0 spiro atoms. The SMILES string of the molecule is C#CCCCCC(=O)NC(C(=O)O)C1CCCCC1. The summed E-state index contributed by atoms with van der Waals surface area (Å²) in [5.74, 6) is 1.53. The number of carboxylic acids is 1. The summed E-state index contributed by atoms with van der Waals surface area (Å²) in [6.07, 6.45) is 12.8. The molecule has 1 rings (SSSR count). The number of carbonyl (C=O) groups excluding carboxylic acids is 1. The van der Waals surface area contributed by atoms with E-state index in [1.54, 1.807) is 0 Å². The standard InChI is InChI=1S/C15H23NO3/c1-2-3-4-8-11-13(17)16-14(15(18)19)12-9-6-5-7-10-12/h1,12,14H,3-11H2,(H,16,17)(H,18,19). The number of rotatable bonds is 7. The Morgan fingerprint density at radius 1 is 1.26 bits per heavy atom. The van der Waals surface area contributed by atoms with E-state index in [0.717, 1.165) is 32.1 Å². The van der Waals surface area contributed by atoms with Gasteiger partial charge in [-0.2, -0.15) is 0 Å². The maximum Gasteiger partial charge on any atom is 0.326 e. The summed E-state index contributed by atoms with van der Waals surface area (Å²) >= 11 is 0. The summed E-state index contributed by atoms with van der Waals surface area (Å²) in [5.41, 5.74) is 0. The molecule has 1 aliphatic carbocycles. The molecule has 1 unspecified atom stereocenters. The Bertz CT molecular complexity index is 340. The number of carbonyl (C=O) groups is 2. The van der Waals surface area contributed by atoms with Crippen LogP contribution < -0.4 is 5.32 Å². The van der Waals surface area contributed by atoms with E-state index in [0.29, 0.717) is 19.3 Å². The van der Waals surface area contributed by atoms with Crippen LogP contribution in [0.5, 0.6) is 0 Å². The van der Waals surface area contributed by atoms with Crippen LogP contribution in [-0.4, -0.2) is 23.0 Å². The highest BCUT2D eigenvalue weighted by Crippen LogP contribution is 2.26. The molecule has 4 nitrogen and oxygen atoms in total. The number of aliphatic carboxylic acids is 1. The van der Waals surface area contributed by atoms with Crippen molar-refractivity contribution in [2.45, 2.75) is 63.8 Å². The normalized spacial score (nSPS) is 17.4. The van der Waals surface area contributed by atoms with Gasteiger partial charge in [-0.25, -0.2) is 4.79 Å². The number of unbranched alkanes of at least 4 members (excludes halogenated alkanes) is 2. The Hall–Kier alpha value is -1.50. The third kappa shape index (κ3) is 5.78. The van der Waals surface area contributed by atoms with Gasteiger partial charge in [-0.1, -0.05) is 19.3 Å². The molecule has 106 valence electrons. The molecule has 0 radical (unpaired) electrons. The van der Waals surface area contributed by atoms with Gasteiger partial charge in [-0.3, -0.25) is 4.79 Å². The minimum atomic E-state index is -0.913. The van der Waals surface area contributed by atoms with E-state index in [2.05, 4.69) is 11.2 Å². The van der Waals surface area contributed by atoms with E-state index in [4.69, 9.17) is 6.42 Å². The molecule has 0 aliphatic heterocycles. The maximum absolute atomic E-state index is 11.7. The first kappa shape index (κ1) is 15.6. The van der Waals surface area contributed by atoms with Crippen LogP contribution in [0, 0.1) is 18.3 Å². The molecule has 0 aromatic heterocycles. The van der Waals surface area contributed by atoms with Crippen LogP contribution in [0.15, 0.2) is 0 Å². The number of amides is 1. The summed E-state index contributed by atoms with van der Waals surface area (Å²) in [4.78, 5) is 23.0. The van der Waals surface area contributed by atoms with Crippen molar-refractivity contribution in [3.8, 4) is 12.3 Å². The van der Waals surface area contributed by atoms with Crippen molar-refractivity contribution in [2.24, 2.45) is 5.92 Å². The minimum Gasteiger partial charge on any atom is -0.480 e. The molecule has 0 heterocycles. The molecule has 1 atom stereocenters. The van der Waals surface area contributed by atoms with E-state index in [-0.39, 0.29) is 11.8 Å². The van der Waals surface area contributed by atoms with Crippen molar-refractivity contribution in [3.63, 3.8) is 0 Å². The fourth-order valence-corrected chi connectivity index (χ4v) is 2.61. The Morgan fingerprint density at radius 2 is 1.95 bits per heavy atom.